The number of nitrogens with zero attached hydrogens (tertiary/aromatic N) is 1. The maximum Gasteiger partial charge on any atom is 0.340 e. The lowest BCUT2D eigenvalue weighted by molar-refractivity contribution is -0.563. The number of rotatable bonds is 3. The quantitative estimate of drug-likeness (QED) is 0.515. The molecule has 2 N–H and O–H groups in total. The number of benzene rings is 1. The second-order valence-corrected chi connectivity index (χ2v) is 5.25. The molecule has 0 aromatic heterocycles. The Morgan fingerprint density at radius 1 is 1.43 bits per heavy atom. The molecule has 2 rings (SSSR count). The summed E-state index contributed by atoms with van der Waals surface area (Å²) in [4.78, 5) is 23.0. The molecule has 7 heteroatoms. The smallest absolute Gasteiger partial charge is 0.340 e. The zero-order valence-electron chi connectivity index (χ0n) is 12.0. The first-order chi connectivity index (χ1) is 9.80. The number of carbonyl (C=O) groups excluding carboxylic acids is 1. The van der Waals surface area contributed by atoms with Gasteiger partial charge in [-0.3, -0.25) is 10.1 Å². The van der Waals surface area contributed by atoms with Gasteiger partial charge in [0.1, 0.15) is 11.3 Å². The summed E-state index contributed by atoms with van der Waals surface area (Å²) < 4.78 is 10.1. The molecule has 1 aromatic carbocycles. The molecule has 1 aliphatic heterocycles. The Labute approximate surface area is 121 Å². The van der Waals surface area contributed by atoms with E-state index in [1.165, 1.54) is 21.0 Å². The van der Waals surface area contributed by atoms with Crippen molar-refractivity contribution >= 4 is 5.97 Å². The standard InChI is InChI=1S/C14H16N2O5/c1-14(2,16(18)19)11-8-6-4-5-7-9(8)21-12(15)10(11)13(17)20-3/h4-7,11H,15H2,1-3H3. The summed E-state index contributed by atoms with van der Waals surface area (Å²) in [6.07, 6.45) is 0. The van der Waals surface area contributed by atoms with Gasteiger partial charge < -0.3 is 15.2 Å². The highest BCUT2D eigenvalue weighted by Gasteiger charge is 2.50. The van der Waals surface area contributed by atoms with Crippen LogP contribution in [-0.4, -0.2) is 23.5 Å². The fourth-order valence-electron chi connectivity index (χ4n) is 2.45. The number of ether oxygens (including phenoxy) is 2. The van der Waals surface area contributed by atoms with Crippen LogP contribution in [-0.2, 0) is 9.53 Å². The lowest BCUT2D eigenvalue weighted by Gasteiger charge is -2.33. The lowest BCUT2D eigenvalue weighted by atomic mass is 9.76. The van der Waals surface area contributed by atoms with Gasteiger partial charge in [-0.05, 0) is 6.07 Å². The zero-order valence-corrected chi connectivity index (χ0v) is 12.0. The number of hydrogen-bond acceptors (Lipinski definition) is 6. The molecule has 0 radical (unpaired) electrons. The van der Waals surface area contributed by atoms with Crippen molar-refractivity contribution in [3.05, 3.63) is 51.4 Å². The van der Waals surface area contributed by atoms with Gasteiger partial charge in [-0.1, -0.05) is 18.2 Å². The van der Waals surface area contributed by atoms with E-state index in [0.29, 0.717) is 11.3 Å². The van der Waals surface area contributed by atoms with Crippen molar-refractivity contribution in [1.82, 2.24) is 0 Å². The summed E-state index contributed by atoms with van der Waals surface area (Å²) >= 11 is 0. The van der Waals surface area contributed by atoms with Crippen LogP contribution in [0, 0.1) is 10.1 Å². The summed E-state index contributed by atoms with van der Waals surface area (Å²) in [7, 11) is 1.19. The Morgan fingerprint density at radius 2 is 2.05 bits per heavy atom. The molecule has 1 aliphatic rings. The van der Waals surface area contributed by atoms with Crippen molar-refractivity contribution in [3.8, 4) is 5.75 Å². The second kappa shape index (κ2) is 5.08. The van der Waals surface area contributed by atoms with Crippen molar-refractivity contribution < 1.29 is 19.2 Å². The molecule has 1 heterocycles. The maximum atomic E-state index is 12.0. The minimum absolute atomic E-state index is 0.0297. The first-order valence-electron chi connectivity index (χ1n) is 6.30. The molecule has 1 aromatic rings. The Bertz CT molecular complexity index is 636. The number of nitrogens with two attached hydrogens (primary N) is 1. The molecule has 0 aliphatic carbocycles. The molecule has 7 nitrogen and oxygen atoms in total. The van der Waals surface area contributed by atoms with E-state index in [0.717, 1.165) is 0 Å². The predicted molar refractivity (Wildman–Crippen MR) is 74.1 cm³/mol. The molecule has 0 amide bonds. The molecule has 1 unspecified atom stereocenters. The van der Waals surface area contributed by atoms with E-state index >= 15 is 0 Å². The normalized spacial score (nSPS) is 17.8. The molecule has 0 bridgehead atoms. The van der Waals surface area contributed by atoms with Crippen LogP contribution >= 0.6 is 0 Å². The lowest BCUT2D eigenvalue weighted by Crippen LogP contribution is -2.43. The number of carbonyl (C=O) groups is 1. The van der Waals surface area contributed by atoms with Crippen molar-refractivity contribution in [1.29, 1.82) is 0 Å². The van der Waals surface area contributed by atoms with Gasteiger partial charge in [-0.15, -0.1) is 0 Å². The molecule has 112 valence electrons. The molecule has 1 atom stereocenters. The highest BCUT2D eigenvalue weighted by atomic mass is 16.6. The molecule has 0 spiro atoms. The number of hydrogen-bond donors (Lipinski definition) is 1. The van der Waals surface area contributed by atoms with E-state index in [4.69, 9.17) is 15.2 Å². The Kier molecular flexibility index (Phi) is 3.59. The third kappa shape index (κ3) is 2.31. The molecule has 0 saturated heterocycles. The fraction of sp³-hybridized carbons (Fsp3) is 0.357. The highest BCUT2D eigenvalue weighted by molar-refractivity contribution is 5.91. The van der Waals surface area contributed by atoms with E-state index in [1.54, 1.807) is 24.3 Å². The van der Waals surface area contributed by atoms with Crippen LogP contribution in [0.1, 0.15) is 25.3 Å². The van der Waals surface area contributed by atoms with Gasteiger partial charge in [0.15, 0.2) is 0 Å². The second-order valence-electron chi connectivity index (χ2n) is 5.25. The van der Waals surface area contributed by atoms with E-state index < -0.39 is 22.3 Å². The Morgan fingerprint density at radius 3 is 2.62 bits per heavy atom. The van der Waals surface area contributed by atoms with Crippen LogP contribution in [0.25, 0.3) is 0 Å². The predicted octanol–water partition coefficient (Wildman–Crippen LogP) is 1.56. The van der Waals surface area contributed by atoms with Crippen molar-refractivity contribution in [2.75, 3.05) is 7.11 Å². The van der Waals surface area contributed by atoms with Crippen LogP contribution in [0.3, 0.4) is 0 Å². The molecular weight excluding hydrogens is 276 g/mol. The van der Waals surface area contributed by atoms with E-state index in [9.17, 15) is 14.9 Å². The number of fused-ring (bicyclic) bond motifs is 1. The Balaban J connectivity index is 2.70. The molecular formula is C14H16N2O5. The minimum atomic E-state index is -1.45. The van der Waals surface area contributed by atoms with Gasteiger partial charge in [0, 0.05) is 24.3 Å². The summed E-state index contributed by atoms with van der Waals surface area (Å²) in [5, 5.41) is 11.4. The molecule has 21 heavy (non-hydrogen) atoms. The van der Waals surface area contributed by atoms with Gasteiger partial charge in [0.25, 0.3) is 0 Å². The highest BCUT2D eigenvalue weighted by Crippen LogP contribution is 2.45. The van der Waals surface area contributed by atoms with E-state index in [1.807, 2.05) is 0 Å². The first kappa shape index (κ1) is 14.8. The monoisotopic (exact) mass is 292 g/mol. The molecule has 0 saturated carbocycles. The van der Waals surface area contributed by atoms with Gasteiger partial charge in [-0.2, -0.15) is 0 Å². The van der Waals surface area contributed by atoms with Gasteiger partial charge >= 0.3 is 5.97 Å². The third-order valence-corrected chi connectivity index (χ3v) is 3.59. The Hall–Kier alpha value is -2.57. The van der Waals surface area contributed by atoms with Gasteiger partial charge in [0.2, 0.25) is 11.4 Å². The van der Waals surface area contributed by atoms with Crippen molar-refractivity contribution in [2.24, 2.45) is 5.73 Å². The summed E-state index contributed by atoms with van der Waals surface area (Å²) in [5.74, 6) is -1.35. The number of nitro groups is 1. The average molecular weight is 292 g/mol. The topological polar surface area (TPSA) is 105 Å². The van der Waals surface area contributed by atoms with Crippen molar-refractivity contribution in [2.45, 2.75) is 25.3 Å². The van der Waals surface area contributed by atoms with E-state index in [-0.39, 0.29) is 11.5 Å². The van der Waals surface area contributed by atoms with Crippen LogP contribution < -0.4 is 10.5 Å². The van der Waals surface area contributed by atoms with Gasteiger partial charge in [-0.25, -0.2) is 4.79 Å². The molecule has 0 fully saturated rings. The summed E-state index contributed by atoms with van der Waals surface area (Å²) in [6, 6.07) is 6.78. The van der Waals surface area contributed by atoms with Crippen LogP contribution in [0.5, 0.6) is 5.75 Å². The van der Waals surface area contributed by atoms with Crippen LogP contribution in [0.2, 0.25) is 0 Å². The third-order valence-electron chi connectivity index (χ3n) is 3.59. The first-order valence-corrected chi connectivity index (χ1v) is 6.30. The number of esters is 1. The number of para-hydroxylation sites is 1. The van der Waals surface area contributed by atoms with Crippen molar-refractivity contribution in [3.63, 3.8) is 0 Å². The van der Waals surface area contributed by atoms with Crippen LogP contribution in [0.4, 0.5) is 0 Å². The minimum Gasteiger partial charge on any atom is -0.465 e. The zero-order chi connectivity index (χ0) is 15.8. The van der Waals surface area contributed by atoms with Crippen LogP contribution in [0.15, 0.2) is 35.7 Å². The van der Waals surface area contributed by atoms with E-state index in [2.05, 4.69) is 0 Å². The summed E-state index contributed by atoms with van der Waals surface area (Å²) in [6.45, 7) is 2.88. The summed E-state index contributed by atoms with van der Waals surface area (Å²) in [5.41, 5.74) is 4.85. The van der Waals surface area contributed by atoms with Gasteiger partial charge in [0.05, 0.1) is 13.0 Å². The SMILES string of the molecule is COC(=O)C1=C(N)Oc2ccccc2C1C(C)(C)[N+](=O)[O-]. The maximum absolute atomic E-state index is 12.0. The number of methoxy groups -OCH3 is 1. The fourth-order valence-corrected chi connectivity index (χ4v) is 2.45. The average Bonchev–Trinajstić information content (AvgIpc) is 2.44. The largest absolute Gasteiger partial charge is 0.465 e.